The average Bonchev–Trinajstić information content (AvgIpc) is 2.56. The zero-order chi connectivity index (χ0) is 18.1. The number of hydrogen-bond acceptors (Lipinski definition) is 4. The Hall–Kier alpha value is -1.92. The molecule has 0 unspecified atom stereocenters. The number of hydrogen-bond donors (Lipinski definition) is 2. The number of piperazine rings is 1. The van der Waals surface area contributed by atoms with Gasteiger partial charge in [-0.25, -0.2) is 9.59 Å². The molecule has 1 heterocycles. The molecule has 0 aromatic heterocycles. The average molecular weight is 336 g/mol. The molecule has 1 aliphatic rings. The molecule has 0 saturated carbocycles. The van der Waals surface area contributed by atoms with Crippen LogP contribution in [0, 0.1) is 0 Å². The SMILES string of the molecule is CCc1ccc(CN2CCN(C(C)C)CC2)cc1.O=C(O)C(=O)O. The third kappa shape index (κ3) is 7.10. The van der Waals surface area contributed by atoms with Crippen molar-refractivity contribution in [2.45, 2.75) is 39.8 Å². The number of nitrogens with zero attached hydrogens (tertiary/aromatic N) is 2. The topological polar surface area (TPSA) is 81.1 Å². The number of carbonyl (C=O) groups is 2. The minimum Gasteiger partial charge on any atom is -0.473 e. The van der Waals surface area contributed by atoms with Crippen LogP contribution >= 0.6 is 0 Å². The minimum absolute atomic E-state index is 0.691. The molecule has 0 radical (unpaired) electrons. The lowest BCUT2D eigenvalue weighted by atomic mass is 10.1. The maximum Gasteiger partial charge on any atom is 0.414 e. The van der Waals surface area contributed by atoms with E-state index in [4.69, 9.17) is 19.8 Å². The summed E-state index contributed by atoms with van der Waals surface area (Å²) < 4.78 is 0. The maximum absolute atomic E-state index is 9.10. The van der Waals surface area contributed by atoms with Gasteiger partial charge in [0.25, 0.3) is 0 Å². The van der Waals surface area contributed by atoms with Crippen molar-refractivity contribution in [1.82, 2.24) is 9.80 Å². The summed E-state index contributed by atoms with van der Waals surface area (Å²) in [4.78, 5) is 23.3. The third-order valence-electron chi connectivity index (χ3n) is 4.16. The van der Waals surface area contributed by atoms with Crippen molar-refractivity contribution in [1.29, 1.82) is 0 Å². The first-order valence-corrected chi connectivity index (χ1v) is 8.34. The first kappa shape index (κ1) is 20.1. The molecule has 0 bridgehead atoms. The van der Waals surface area contributed by atoms with Gasteiger partial charge in [-0.15, -0.1) is 0 Å². The summed E-state index contributed by atoms with van der Waals surface area (Å²) in [6.07, 6.45) is 1.13. The zero-order valence-corrected chi connectivity index (χ0v) is 14.7. The molecule has 2 rings (SSSR count). The Bertz CT molecular complexity index is 508. The quantitative estimate of drug-likeness (QED) is 0.818. The van der Waals surface area contributed by atoms with E-state index in [0.29, 0.717) is 6.04 Å². The molecule has 2 N–H and O–H groups in total. The molecule has 0 aliphatic carbocycles. The molecule has 1 aromatic rings. The molecular formula is C18H28N2O4. The molecule has 134 valence electrons. The zero-order valence-electron chi connectivity index (χ0n) is 14.7. The van der Waals surface area contributed by atoms with Gasteiger partial charge in [-0.1, -0.05) is 31.2 Å². The Morgan fingerprint density at radius 2 is 1.42 bits per heavy atom. The van der Waals surface area contributed by atoms with Crippen LogP contribution in [0.1, 0.15) is 31.9 Å². The van der Waals surface area contributed by atoms with Gasteiger partial charge in [0.2, 0.25) is 0 Å². The Kier molecular flexibility index (Phi) is 8.43. The van der Waals surface area contributed by atoms with Gasteiger partial charge in [-0.2, -0.15) is 0 Å². The lowest BCUT2D eigenvalue weighted by molar-refractivity contribution is -0.159. The van der Waals surface area contributed by atoms with Gasteiger partial charge in [0.05, 0.1) is 0 Å². The fourth-order valence-corrected chi connectivity index (χ4v) is 2.58. The third-order valence-corrected chi connectivity index (χ3v) is 4.16. The van der Waals surface area contributed by atoms with E-state index < -0.39 is 11.9 Å². The molecule has 0 spiro atoms. The van der Waals surface area contributed by atoms with Gasteiger partial charge in [-0.3, -0.25) is 9.80 Å². The lowest BCUT2D eigenvalue weighted by Crippen LogP contribution is -2.48. The van der Waals surface area contributed by atoms with Crippen LogP contribution in [0.15, 0.2) is 24.3 Å². The van der Waals surface area contributed by atoms with E-state index in [1.165, 1.54) is 37.3 Å². The number of carboxylic acids is 2. The first-order valence-electron chi connectivity index (χ1n) is 8.34. The Morgan fingerprint density at radius 3 is 1.79 bits per heavy atom. The molecule has 1 saturated heterocycles. The van der Waals surface area contributed by atoms with E-state index in [2.05, 4.69) is 54.8 Å². The van der Waals surface area contributed by atoms with Gasteiger partial charge in [0, 0.05) is 38.8 Å². The highest BCUT2D eigenvalue weighted by Crippen LogP contribution is 2.11. The second kappa shape index (κ2) is 10.1. The van der Waals surface area contributed by atoms with Crippen LogP contribution in [0.4, 0.5) is 0 Å². The second-order valence-corrected chi connectivity index (χ2v) is 6.19. The van der Waals surface area contributed by atoms with Crippen LogP contribution in [0.25, 0.3) is 0 Å². The van der Waals surface area contributed by atoms with Crippen molar-refractivity contribution < 1.29 is 19.8 Å². The number of rotatable bonds is 4. The Labute approximate surface area is 143 Å². The summed E-state index contributed by atoms with van der Waals surface area (Å²) in [5.41, 5.74) is 2.88. The molecule has 0 amide bonds. The van der Waals surface area contributed by atoms with Crippen LogP contribution in [-0.2, 0) is 22.6 Å². The van der Waals surface area contributed by atoms with Crippen molar-refractivity contribution in [3.8, 4) is 0 Å². The van der Waals surface area contributed by atoms with E-state index in [1.54, 1.807) is 0 Å². The van der Waals surface area contributed by atoms with Crippen molar-refractivity contribution >= 4 is 11.9 Å². The highest BCUT2D eigenvalue weighted by Gasteiger charge is 2.18. The van der Waals surface area contributed by atoms with Crippen molar-refractivity contribution in [3.63, 3.8) is 0 Å². The molecular weight excluding hydrogens is 308 g/mol. The molecule has 24 heavy (non-hydrogen) atoms. The normalized spacial score (nSPS) is 15.7. The largest absolute Gasteiger partial charge is 0.473 e. The molecule has 6 heteroatoms. The number of carboxylic acid groups (broad SMARTS) is 2. The number of aryl methyl sites for hydroxylation is 1. The van der Waals surface area contributed by atoms with Crippen molar-refractivity contribution in [2.75, 3.05) is 26.2 Å². The number of benzene rings is 1. The summed E-state index contributed by atoms with van der Waals surface area (Å²) in [6.45, 7) is 12.7. The van der Waals surface area contributed by atoms with Gasteiger partial charge < -0.3 is 10.2 Å². The van der Waals surface area contributed by atoms with Gasteiger partial charge in [-0.05, 0) is 31.4 Å². The molecule has 1 aliphatic heterocycles. The lowest BCUT2D eigenvalue weighted by Gasteiger charge is -2.36. The number of aliphatic carboxylic acids is 2. The van der Waals surface area contributed by atoms with Gasteiger partial charge in [0.15, 0.2) is 0 Å². The fourth-order valence-electron chi connectivity index (χ4n) is 2.58. The molecule has 6 nitrogen and oxygen atoms in total. The van der Waals surface area contributed by atoms with Crippen LogP contribution in [0.5, 0.6) is 0 Å². The van der Waals surface area contributed by atoms with E-state index in [0.717, 1.165) is 13.0 Å². The molecule has 0 atom stereocenters. The monoisotopic (exact) mass is 336 g/mol. The smallest absolute Gasteiger partial charge is 0.414 e. The summed E-state index contributed by atoms with van der Waals surface area (Å²) in [6, 6.07) is 9.79. The standard InChI is InChI=1S/C16H26N2.C2H2O4/c1-4-15-5-7-16(8-6-15)13-17-9-11-18(12-10-17)14(2)3;3-1(4)2(5)6/h5-8,14H,4,9-13H2,1-3H3;(H,3,4)(H,5,6). The van der Waals surface area contributed by atoms with E-state index >= 15 is 0 Å². The highest BCUT2D eigenvalue weighted by molar-refractivity contribution is 6.27. The van der Waals surface area contributed by atoms with Crippen molar-refractivity contribution in [2.24, 2.45) is 0 Å². The van der Waals surface area contributed by atoms with Gasteiger partial charge in [0.1, 0.15) is 0 Å². The van der Waals surface area contributed by atoms with Crippen LogP contribution < -0.4 is 0 Å². The predicted molar refractivity (Wildman–Crippen MR) is 93.1 cm³/mol. The van der Waals surface area contributed by atoms with E-state index in [1.807, 2.05) is 0 Å². The Morgan fingerprint density at radius 1 is 0.958 bits per heavy atom. The fraction of sp³-hybridized carbons (Fsp3) is 0.556. The summed E-state index contributed by atoms with van der Waals surface area (Å²) in [5, 5.41) is 14.8. The Balaban J connectivity index is 0.000000413. The molecule has 1 aromatic carbocycles. The van der Waals surface area contributed by atoms with Crippen LogP contribution in [0.3, 0.4) is 0 Å². The minimum atomic E-state index is -1.82. The maximum atomic E-state index is 9.10. The first-order chi connectivity index (χ1) is 11.3. The van der Waals surface area contributed by atoms with Gasteiger partial charge >= 0.3 is 11.9 Å². The van der Waals surface area contributed by atoms with Crippen LogP contribution in [-0.4, -0.2) is 64.2 Å². The second-order valence-electron chi connectivity index (χ2n) is 6.19. The summed E-state index contributed by atoms with van der Waals surface area (Å²) >= 11 is 0. The van der Waals surface area contributed by atoms with E-state index in [9.17, 15) is 0 Å². The van der Waals surface area contributed by atoms with Crippen molar-refractivity contribution in [3.05, 3.63) is 35.4 Å². The van der Waals surface area contributed by atoms with E-state index in [-0.39, 0.29) is 0 Å². The predicted octanol–water partition coefficient (Wildman–Crippen LogP) is 1.93. The van der Waals surface area contributed by atoms with Crippen LogP contribution in [0.2, 0.25) is 0 Å². The highest BCUT2D eigenvalue weighted by atomic mass is 16.4. The summed E-state index contributed by atoms with van der Waals surface area (Å²) in [5.74, 6) is -3.65. The summed E-state index contributed by atoms with van der Waals surface area (Å²) in [7, 11) is 0. The molecule has 1 fully saturated rings.